The second kappa shape index (κ2) is 11.5. The van der Waals surface area contributed by atoms with Gasteiger partial charge >= 0.3 is 0 Å². The predicted octanol–water partition coefficient (Wildman–Crippen LogP) is 2.14. The molecule has 33 heavy (non-hydrogen) atoms. The second-order valence-corrected chi connectivity index (χ2v) is 11.2. The highest BCUT2D eigenvalue weighted by Gasteiger charge is 2.19. The van der Waals surface area contributed by atoms with Gasteiger partial charge in [-0.1, -0.05) is 6.07 Å². The number of hydrogen-bond donors (Lipinski definition) is 2. The molecule has 2 aliphatic rings. The third-order valence-electron chi connectivity index (χ3n) is 6.03. The Hall–Kier alpha value is -1.82. The first-order chi connectivity index (χ1) is 16.0. The molecule has 1 aromatic carbocycles. The average molecular weight is 493 g/mol. The third-order valence-corrected chi connectivity index (χ3v) is 8.35. The number of nitrogens with zero attached hydrogens (tertiary/aromatic N) is 2. The molecule has 4 rings (SSSR count). The minimum Gasteiger partial charge on any atom is -0.379 e. The number of anilines is 1. The lowest BCUT2D eigenvalue weighted by Crippen LogP contribution is -2.43. The summed E-state index contributed by atoms with van der Waals surface area (Å²) in [4.78, 5) is 18.0. The molecule has 1 fully saturated rings. The molecule has 180 valence electrons. The first-order valence-corrected chi connectivity index (χ1v) is 13.8. The van der Waals surface area contributed by atoms with Crippen LogP contribution in [0.4, 0.5) is 5.69 Å². The molecule has 2 aromatic rings. The van der Waals surface area contributed by atoms with Crippen molar-refractivity contribution in [1.82, 2.24) is 14.5 Å². The van der Waals surface area contributed by atoms with Gasteiger partial charge in [0.25, 0.3) is 0 Å². The zero-order valence-corrected chi connectivity index (χ0v) is 20.4. The predicted molar refractivity (Wildman–Crippen MR) is 130 cm³/mol. The summed E-state index contributed by atoms with van der Waals surface area (Å²) in [5.74, 6) is -0.0228. The first-order valence-electron chi connectivity index (χ1n) is 11.5. The third kappa shape index (κ3) is 7.08. The monoisotopic (exact) mass is 492 g/mol. The summed E-state index contributed by atoms with van der Waals surface area (Å²) >= 11 is 1.72. The molecule has 0 saturated carbocycles. The molecule has 2 aliphatic heterocycles. The normalized spacial score (nSPS) is 17.5. The number of hydrogen-bond acceptors (Lipinski definition) is 7. The first kappa shape index (κ1) is 24.3. The number of sulfonamides is 1. The highest BCUT2D eigenvalue weighted by Crippen LogP contribution is 2.25. The highest BCUT2D eigenvalue weighted by atomic mass is 32.2. The van der Waals surface area contributed by atoms with Gasteiger partial charge in [0.15, 0.2) is 0 Å². The molecule has 3 heterocycles. The Morgan fingerprint density at radius 1 is 1.15 bits per heavy atom. The van der Waals surface area contributed by atoms with Gasteiger partial charge in [-0.25, -0.2) is 13.1 Å². The number of rotatable bonds is 10. The SMILES string of the molecule is O=C1CCCc2cc(S(=O)(=O)NCCN(CCN3CCOCC3)Cc3cccs3)ccc2N1. The highest BCUT2D eigenvalue weighted by molar-refractivity contribution is 7.89. The summed E-state index contributed by atoms with van der Waals surface area (Å²) in [6.45, 7) is 7.02. The molecule has 1 saturated heterocycles. The van der Waals surface area contributed by atoms with E-state index in [9.17, 15) is 13.2 Å². The molecule has 1 aromatic heterocycles. The van der Waals surface area contributed by atoms with Crippen LogP contribution in [-0.2, 0) is 32.5 Å². The molecule has 0 radical (unpaired) electrons. The van der Waals surface area contributed by atoms with Crippen LogP contribution in [0.1, 0.15) is 23.3 Å². The summed E-state index contributed by atoms with van der Waals surface area (Å²) < 4.78 is 34.1. The number of benzene rings is 1. The van der Waals surface area contributed by atoms with Crippen molar-refractivity contribution in [3.05, 3.63) is 46.2 Å². The molecule has 10 heteroatoms. The van der Waals surface area contributed by atoms with E-state index in [4.69, 9.17) is 4.74 Å². The van der Waals surface area contributed by atoms with E-state index >= 15 is 0 Å². The van der Waals surface area contributed by atoms with Crippen LogP contribution in [0.5, 0.6) is 0 Å². The number of ether oxygens (including phenoxy) is 1. The molecular formula is C23H32N4O4S2. The van der Waals surface area contributed by atoms with Gasteiger partial charge < -0.3 is 10.1 Å². The van der Waals surface area contributed by atoms with E-state index in [2.05, 4.69) is 31.3 Å². The van der Waals surface area contributed by atoms with Gasteiger partial charge in [-0.3, -0.25) is 14.6 Å². The average Bonchev–Trinajstić information content (AvgIpc) is 3.24. The lowest BCUT2D eigenvalue weighted by atomic mass is 10.1. The van der Waals surface area contributed by atoms with Crippen LogP contribution in [0.25, 0.3) is 0 Å². The number of amides is 1. The molecule has 0 aliphatic carbocycles. The fourth-order valence-electron chi connectivity index (χ4n) is 4.14. The number of aryl methyl sites for hydroxylation is 1. The molecule has 8 nitrogen and oxygen atoms in total. The summed E-state index contributed by atoms with van der Waals surface area (Å²) in [5, 5.41) is 4.92. The summed E-state index contributed by atoms with van der Waals surface area (Å²) in [5.41, 5.74) is 1.58. The summed E-state index contributed by atoms with van der Waals surface area (Å²) in [6, 6.07) is 9.10. The minimum atomic E-state index is -3.63. The van der Waals surface area contributed by atoms with Gasteiger partial charge in [-0.15, -0.1) is 11.3 Å². The molecule has 0 unspecified atom stereocenters. The van der Waals surface area contributed by atoms with E-state index in [1.807, 2.05) is 6.07 Å². The molecule has 0 atom stereocenters. The topological polar surface area (TPSA) is 91.0 Å². The quantitative estimate of drug-likeness (QED) is 0.528. The van der Waals surface area contributed by atoms with E-state index in [-0.39, 0.29) is 10.8 Å². The van der Waals surface area contributed by atoms with Crippen LogP contribution < -0.4 is 10.0 Å². The van der Waals surface area contributed by atoms with Crippen molar-refractivity contribution in [3.8, 4) is 0 Å². The minimum absolute atomic E-state index is 0.0228. The second-order valence-electron chi connectivity index (χ2n) is 8.43. The lowest BCUT2D eigenvalue weighted by molar-refractivity contribution is -0.116. The van der Waals surface area contributed by atoms with E-state index in [1.54, 1.807) is 29.5 Å². The van der Waals surface area contributed by atoms with Gasteiger partial charge in [0.2, 0.25) is 15.9 Å². The van der Waals surface area contributed by atoms with E-state index in [0.717, 1.165) is 57.9 Å². The summed E-state index contributed by atoms with van der Waals surface area (Å²) in [6.07, 6.45) is 1.86. The standard InChI is InChI=1S/C23H32N4O4S2/c28-23-5-1-3-19-17-21(6-7-22(19)25-23)33(29,30)24-8-9-27(18-20-4-2-16-32-20)11-10-26-12-14-31-15-13-26/h2,4,6-7,16-17,24H,1,3,5,8-15,18H2,(H,25,28). The van der Waals surface area contributed by atoms with Crippen LogP contribution in [-0.4, -0.2) is 76.6 Å². The van der Waals surface area contributed by atoms with Crippen LogP contribution >= 0.6 is 11.3 Å². The number of carbonyl (C=O) groups excluding carboxylic acids is 1. The zero-order valence-electron chi connectivity index (χ0n) is 18.8. The van der Waals surface area contributed by atoms with Gasteiger partial charge in [0.05, 0.1) is 18.1 Å². The number of morpholine rings is 1. The maximum absolute atomic E-state index is 12.9. The Morgan fingerprint density at radius 3 is 2.79 bits per heavy atom. The largest absolute Gasteiger partial charge is 0.379 e. The van der Waals surface area contributed by atoms with Gasteiger partial charge in [-0.2, -0.15) is 0 Å². The van der Waals surface area contributed by atoms with Gasteiger partial charge in [0.1, 0.15) is 0 Å². The number of thiophene rings is 1. The van der Waals surface area contributed by atoms with Crippen molar-refractivity contribution >= 4 is 33.0 Å². The smallest absolute Gasteiger partial charge is 0.240 e. The summed E-state index contributed by atoms with van der Waals surface area (Å²) in [7, 11) is -3.63. The van der Waals surface area contributed by atoms with Gasteiger partial charge in [-0.05, 0) is 48.1 Å². The number of fused-ring (bicyclic) bond motifs is 1. The Bertz CT molecular complexity index is 1020. The molecule has 0 spiro atoms. The number of nitrogens with one attached hydrogen (secondary N) is 2. The van der Waals surface area contributed by atoms with E-state index in [0.29, 0.717) is 31.6 Å². The van der Waals surface area contributed by atoms with Crippen molar-refractivity contribution in [1.29, 1.82) is 0 Å². The Balaban J connectivity index is 1.35. The van der Waals surface area contributed by atoms with Crippen LogP contribution in [0.3, 0.4) is 0 Å². The molecule has 2 N–H and O–H groups in total. The zero-order chi connectivity index (χ0) is 23.1. The van der Waals surface area contributed by atoms with Crippen LogP contribution in [0, 0.1) is 0 Å². The van der Waals surface area contributed by atoms with Crippen LogP contribution in [0.15, 0.2) is 40.6 Å². The number of carbonyl (C=O) groups is 1. The fourth-order valence-corrected chi connectivity index (χ4v) is 5.96. The lowest BCUT2D eigenvalue weighted by Gasteiger charge is -2.30. The van der Waals surface area contributed by atoms with Crippen molar-refractivity contribution in [3.63, 3.8) is 0 Å². The fraction of sp³-hybridized carbons (Fsp3) is 0.522. The van der Waals surface area contributed by atoms with E-state index in [1.165, 1.54) is 4.88 Å². The Morgan fingerprint density at radius 2 is 2.00 bits per heavy atom. The molecule has 1 amide bonds. The van der Waals surface area contributed by atoms with Gasteiger partial charge in [0, 0.05) is 62.8 Å². The maximum atomic E-state index is 12.9. The maximum Gasteiger partial charge on any atom is 0.240 e. The molecular weight excluding hydrogens is 460 g/mol. The van der Waals surface area contributed by atoms with E-state index < -0.39 is 10.0 Å². The molecule has 0 bridgehead atoms. The van der Waals surface area contributed by atoms with Crippen molar-refractivity contribution < 1.29 is 17.9 Å². The Labute approximate surface area is 200 Å². The van der Waals surface area contributed by atoms with Crippen molar-refractivity contribution in [2.24, 2.45) is 0 Å². The van der Waals surface area contributed by atoms with Crippen molar-refractivity contribution in [2.75, 3.05) is 57.8 Å². The Kier molecular flexibility index (Phi) is 8.50. The van der Waals surface area contributed by atoms with Crippen molar-refractivity contribution in [2.45, 2.75) is 30.7 Å². The van der Waals surface area contributed by atoms with Crippen LogP contribution in [0.2, 0.25) is 0 Å².